The van der Waals surface area contributed by atoms with Crippen LogP contribution in [0.15, 0.2) is 24.3 Å². The van der Waals surface area contributed by atoms with Crippen LogP contribution in [0, 0.1) is 11.3 Å². The topological polar surface area (TPSA) is 53.6 Å². The monoisotopic (exact) mass is 256 g/mol. The van der Waals surface area contributed by atoms with Crippen molar-refractivity contribution >= 4 is 11.0 Å². The molecule has 0 saturated carbocycles. The molecule has 0 radical (unpaired) electrons. The number of fused-ring (bicyclic) bond motifs is 1. The van der Waals surface area contributed by atoms with Gasteiger partial charge < -0.3 is 9.88 Å². The maximum atomic E-state index is 9.00. The largest absolute Gasteiger partial charge is 0.328 e. The van der Waals surface area contributed by atoms with Crippen molar-refractivity contribution in [2.75, 3.05) is 7.05 Å². The summed E-state index contributed by atoms with van der Waals surface area (Å²) in [6.07, 6.45) is 2.85. The molecule has 1 atom stereocenters. The second-order valence-electron chi connectivity index (χ2n) is 4.68. The summed E-state index contributed by atoms with van der Waals surface area (Å²) in [4.78, 5) is 4.69. The maximum absolute atomic E-state index is 9.00. The molecule has 0 spiro atoms. The molecule has 4 nitrogen and oxygen atoms in total. The first-order chi connectivity index (χ1) is 9.30. The van der Waals surface area contributed by atoms with Crippen LogP contribution in [0.5, 0.6) is 0 Å². The van der Waals surface area contributed by atoms with Crippen molar-refractivity contribution in [1.29, 1.82) is 5.26 Å². The fourth-order valence-corrected chi connectivity index (χ4v) is 2.32. The standard InChI is InChI=1S/C15H20N4/c1-3-6-15-18-13-7-4-5-8-14(13)19(15)10-9-12(11-16)17-2/h4-5,7-8,12,17H,3,6,9-10H2,1-2H3. The van der Waals surface area contributed by atoms with Gasteiger partial charge in [0.15, 0.2) is 0 Å². The predicted molar refractivity (Wildman–Crippen MR) is 76.8 cm³/mol. The van der Waals surface area contributed by atoms with Gasteiger partial charge in [0, 0.05) is 13.0 Å². The molecule has 4 heteroatoms. The zero-order valence-electron chi connectivity index (χ0n) is 11.6. The minimum Gasteiger partial charge on any atom is -0.328 e. The number of nitrogens with one attached hydrogen (secondary N) is 1. The molecule has 0 aliphatic rings. The number of aryl methyl sites for hydroxylation is 2. The molecular formula is C15H20N4. The zero-order valence-corrected chi connectivity index (χ0v) is 11.6. The Morgan fingerprint density at radius 3 is 2.89 bits per heavy atom. The molecule has 0 bridgehead atoms. The lowest BCUT2D eigenvalue weighted by atomic mass is 10.2. The predicted octanol–water partition coefficient (Wildman–Crippen LogP) is 2.49. The Bertz CT molecular complexity index is 579. The summed E-state index contributed by atoms with van der Waals surface area (Å²) in [5.74, 6) is 1.12. The number of hydrogen-bond acceptors (Lipinski definition) is 3. The van der Waals surface area contributed by atoms with E-state index in [0.717, 1.165) is 37.1 Å². The molecule has 100 valence electrons. The van der Waals surface area contributed by atoms with Gasteiger partial charge in [0.25, 0.3) is 0 Å². The van der Waals surface area contributed by atoms with Crippen molar-refractivity contribution in [3.8, 4) is 6.07 Å². The third-order valence-electron chi connectivity index (χ3n) is 3.35. The first-order valence-electron chi connectivity index (χ1n) is 6.81. The fourth-order valence-electron chi connectivity index (χ4n) is 2.32. The van der Waals surface area contributed by atoms with Crippen LogP contribution in [-0.4, -0.2) is 22.6 Å². The third-order valence-corrected chi connectivity index (χ3v) is 3.35. The molecule has 0 saturated heterocycles. The highest BCUT2D eigenvalue weighted by molar-refractivity contribution is 5.75. The molecule has 0 aliphatic carbocycles. The van der Waals surface area contributed by atoms with Crippen LogP contribution in [0.3, 0.4) is 0 Å². The number of rotatable bonds is 6. The summed E-state index contributed by atoms with van der Waals surface area (Å²) in [5, 5.41) is 12.0. The molecule has 1 unspecified atom stereocenters. The number of nitriles is 1. The lowest BCUT2D eigenvalue weighted by molar-refractivity contribution is 0.544. The third kappa shape index (κ3) is 2.94. The average Bonchev–Trinajstić information content (AvgIpc) is 2.78. The summed E-state index contributed by atoms with van der Waals surface area (Å²) >= 11 is 0. The Morgan fingerprint density at radius 1 is 1.42 bits per heavy atom. The van der Waals surface area contributed by atoms with Crippen molar-refractivity contribution in [3.63, 3.8) is 0 Å². The van der Waals surface area contributed by atoms with Gasteiger partial charge in [-0.3, -0.25) is 0 Å². The molecule has 0 amide bonds. The summed E-state index contributed by atoms with van der Waals surface area (Å²) < 4.78 is 2.25. The van der Waals surface area contributed by atoms with E-state index in [1.165, 1.54) is 5.52 Å². The second-order valence-corrected chi connectivity index (χ2v) is 4.68. The molecule has 1 aromatic heterocycles. The summed E-state index contributed by atoms with van der Waals surface area (Å²) in [7, 11) is 1.83. The van der Waals surface area contributed by atoms with Gasteiger partial charge in [0.2, 0.25) is 0 Å². The quantitative estimate of drug-likeness (QED) is 0.864. The normalized spacial score (nSPS) is 12.5. The number of benzene rings is 1. The van der Waals surface area contributed by atoms with Gasteiger partial charge in [-0.2, -0.15) is 5.26 Å². The first kappa shape index (κ1) is 13.6. The zero-order chi connectivity index (χ0) is 13.7. The first-order valence-corrected chi connectivity index (χ1v) is 6.81. The van der Waals surface area contributed by atoms with Crippen molar-refractivity contribution in [1.82, 2.24) is 14.9 Å². The SMILES string of the molecule is CCCc1nc2ccccc2n1CCC(C#N)NC. The molecule has 1 heterocycles. The van der Waals surface area contributed by atoms with Crippen molar-refractivity contribution in [2.45, 2.75) is 38.8 Å². The van der Waals surface area contributed by atoms with E-state index >= 15 is 0 Å². The molecule has 2 aromatic rings. The minimum atomic E-state index is -0.101. The van der Waals surface area contributed by atoms with E-state index in [4.69, 9.17) is 10.2 Å². The van der Waals surface area contributed by atoms with Crippen molar-refractivity contribution in [3.05, 3.63) is 30.1 Å². The van der Waals surface area contributed by atoms with E-state index in [1.807, 2.05) is 25.2 Å². The maximum Gasteiger partial charge on any atom is 0.109 e. The highest BCUT2D eigenvalue weighted by Gasteiger charge is 2.11. The van der Waals surface area contributed by atoms with E-state index in [1.54, 1.807) is 0 Å². The van der Waals surface area contributed by atoms with E-state index < -0.39 is 0 Å². The molecule has 2 rings (SSSR count). The number of imidazole rings is 1. The molecular weight excluding hydrogens is 236 g/mol. The van der Waals surface area contributed by atoms with Gasteiger partial charge in [-0.15, -0.1) is 0 Å². The minimum absolute atomic E-state index is 0.101. The Hall–Kier alpha value is -1.86. The van der Waals surface area contributed by atoms with Crippen molar-refractivity contribution in [2.24, 2.45) is 0 Å². The van der Waals surface area contributed by atoms with Crippen molar-refractivity contribution < 1.29 is 0 Å². The van der Waals surface area contributed by atoms with E-state index in [-0.39, 0.29) is 6.04 Å². The van der Waals surface area contributed by atoms with Crippen LogP contribution in [0.25, 0.3) is 11.0 Å². The number of hydrogen-bond donors (Lipinski definition) is 1. The highest BCUT2D eigenvalue weighted by Crippen LogP contribution is 2.18. The van der Waals surface area contributed by atoms with Gasteiger partial charge in [-0.05, 0) is 32.0 Å². The van der Waals surface area contributed by atoms with E-state index in [2.05, 4.69) is 28.9 Å². The molecule has 1 N–H and O–H groups in total. The number of aromatic nitrogens is 2. The summed E-state index contributed by atoms with van der Waals surface area (Å²) in [6.45, 7) is 2.99. The van der Waals surface area contributed by atoms with Crippen LogP contribution in [0.2, 0.25) is 0 Å². The molecule has 19 heavy (non-hydrogen) atoms. The molecule has 1 aromatic carbocycles. The van der Waals surface area contributed by atoms with E-state index in [9.17, 15) is 0 Å². The Kier molecular flexibility index (Phi) is 4.53. The lowest BCUT2D eigenvalue weighted by Gasteiger charge is -2.11. The smallest absolute Gasteiger partial charge is 0.109 e. The Morgan fingerprint density at radius 2 is 2.21 bits per heavy atom. The fraction of sp³-hybridized carbons (Fsp3) is 0.467. The molecule has 0 aliphatic heterocycles. The van der Waals surface area contributed by atoms with Gasteiger partial charge in [0.05, 0.1) is 23.1 Å². The average molecular weight is 256 g/mol. The van der Waals surface area contributed by atoms with Gasteiger partial charge in [-0.1, -0.05) is 19.1 Å². The van der Waals surface area contributed by atoms with Crippen LogP contribution >= 0.6 is 0 Å². The highest BCUT2D eigenvalue weighted by atomic mass is 15.1. The van der Waals surface area contributed by atoms with Gasteiger partial charge in [-0.25, -0.2) is 4.98 Å². The van der Waals surface area contributed by atoms with E-state index in [0.29, 0.717) is 0 Å². The van der Waals surface area contributed by atoms with Gasteiger partial charge in [0.1, 0.15) is 5.82 Å². The number of para-hydroxylation sites is 2. The Balaban J connectivity index is 2.28. The summed E-state index contributed by atoms with van der Waals surface area (Å²) in [6, 6.07) is 10.4. The van der Waals surface area contributed by atoms with Crippen LogP contribution in [-0.2, 0) is 13.0 Å². The van der Waals surface area contributed by atoms with Gasteiger partial charge >= 0.3 is 0 Å². The number of nitrogens with zero attached hydrogens (tertiary/aromatic N) is 3. The van der Waals surface area contributed by atoms with Crippen LogP contribution < -0.4 is 5.32 Å². The Labute approximate surface area is 114 Å². The second kappa shape index (κ2) is 6.35. The lowest BCUT2D eigenvalue weighted by Crippen LogP contribution is -2.25. The summed E-state index contributed by atoms with van der Waals surface area (Å²) in [5.41, 5.74) is 2.21. The molecule has 0 fully saturated rings. The van der Waals surface area contributed by atoms with Crippen LogP contribution in [0.4, 0.5) is 0 Å². The van der Waals surface area contributed by atoms with Crippen LogP contribution in [0.1, 0.15) is 25.6 Å².